The number of allylic oxidation sites excluding steroid dienone is 1. The van der Waals surface area contributed by atoms with E-state index in [9.17, 15) is 30.0 Å². The molecule has 1 aliphatic rings. The predicted molar refractivity (Wildman–Crippen MR) is 130 cm³/mol. The van der Waals surface area contributed by atoms with E-state index < -0.39 is 47.9 Å². The Bertz CT molecular complexity index is 1390. The third kappa shape index (κ3) is 5.30. The number of phenols is 1. The molecular formula is C26H26O11. The number of phenolic OH excluding ortho intramolecular Hbond substituents is 1. The first-order chi connectivity index (χ1) is 17.6. The van der Waals surface area contributed by atoms with Gasteiger partial charge in [0, 0.05) is 18.2 Å². The van der Waals surface area contributed by atoms with Crippen LogP contribution in [0, 0.1) is 0 Å². The van der Waals surface area contributed by atoms with E-state index in [0.717, 1.165) is 0 Å². The summed E-state index contributed by atoms with van der Waals surface area (Å²) in [6, 6.07) is 8.50. The number of carbonyl (C=O) groups excluding carboxylic acids is 1. The van der Waals surface area contributed by atoms with Gasteiger partial charge in [0.15, 0.2) is 11.4 Å². The highest BCUT2D eigenvalue weighted by Crippen LogP contribution is 2.35. The number of fused-ring (bicyclic) bond motifs is 1. The summed E-state index contributed by atoms with van der Waals surface area (Å²) in [5, 5.41) is 40.9. The van der Waals surface area contributed by atoms with Gasteiger partial charge >= 0.3 is 5.63 Å². The highest BCUT2D eigenvalue weighted by atomic mass is 16.7. The summed E-state index contributed by atoms with van der Waals surface area (Å²) in [7, 11) is 2.81. The molecule has 196 valence electrons. The molecule has 1 aliphatic heterocycles. The fourth-order valence-electron chi connectivity index (χ4n) is 3.97. The first-order valence-corrected chi connectivity index (χ1v) is 11.2. The zero-order chi connectivity index (χ0) is 26.9. The van der Waals surface area contributed by atoms with Crippen molar-refractivity contribution in [2.75, 3.05) is 14.2 Å². The van der Waals surface area contributed by atoms with Gasteiger partial charge in [0.2, 0.25) is 6.29 Å². The molecule has 0 radical (unpaired) electrons. The Labute approximate surface area is 210 Å². The van der Waals surface area contributed by atoms with Crippen molar-refractivity contribution in [3.05, 3.63) is 64.0 Å². The number of aliphatic hydroxyl groups is 3. The van der Waals surface area contributed by atoms with Crippen LogP contribution in [0.4, 0.5) is 0 Å². The van der Waals surface area contributed by atoms with Crippen molar-refractivity contribution >= 4 is 22.8 Å². The zero-order valence-corrected chi connectivity index (χ0v) is 20.2. The second-order valence-corrected chi connectivity index (χ2v) is 8.41. The normalized spacial score (nSPS) is 23.8. The van der Waals surface area contributed by atoms with E-state index in [-0.39, 0.29) is 22.6 Å². The van der Waals surface area contributed by atoms with Crippen LogP contribution in [0.5, 0.6) is 23.0 Å². The molecule has 1 saturated heterocycles. The molecule has 2 heterocycles. The molecule has 37 heavy (non-hydrogen) atoms. The molecule has 1 aromatic heterocycles. The maximum atomic E-state index is 13.0. The monoisotopic (exact) mass is 514 g/mol. The Morgan fingerprint density at radius 3 is 2.41 bits per heavy atom. The van der Waals surface area contributed by atoms with Crippen molar-refractivity contribution in [2.45, 2.75) is 37.6 Å². The maximum Gasteiger partial charge on any atom is 0.336 e. The molecule has 0 unspecified atom stereocenters. The Balaban J connectivity index is 1.64. The van der Waals surface area contributed by atoms with Gasteiger partial charge in [-0.15, -0.1) is 0 Å². The largest absolute Gasteiger partial charge is 0.507 e. The highest BCUT2D eigenvalue weighted by molar-refractivity contribution is 6.16. The van der Waals surface area contributed by atoms with Gasteiger partial charge in [0.1, 0.15) is 46.9 Å². The minimum atomic E-state index is -1.51. The van der Waals surface area contributed by atoms with E-state index in [1.165, 1.54) is 63.6 Å². The van der Waals surface area contributed by atoms with E-state index in [4.69, 9.17) is 23.4 Å². The van der Waals surface area contributed by atoms with Crippen LogP contribution >= 0.6 is 0 Å². The first-order valence-electron chi connectivity index (χ1n) is 11.2. The molecule has 2 aromatic carbocycles. The third-order valence-corrected chi connectivity index (χ3v) is 5.94. The van der Waals surface area contributed by atoms with Gasteiger partial charge in [0.25, 0.3) is 0 Å². The number of hydrogen-bond acceptors (Lipinski definition) is 11. The van der Waals surface area contributed by atoms with Gasteiger partial charge in [-0.3, -0.25) is 4.79 Å². The number of aromatic hydroxyl groups is 1. The average Bonchev–Trinajstić information content (AvgIpc) is 2.88. The van der Waals surface area contributed by atoms with Crippen LogP contribution in [0.2, 0.25) is 0 Å². The van der Waals surface area contributed by atoms with Gasteiger partial charge in [0.05, 0.1) is 25.7 Å². The Morgan fingerprint density at radius 1 is 0.973 bits per heavy atom. The zero-order valence-electron chi connectivity index (χ0n) is 20.2. The van der Waals surface area contributed by atoms with E-state index >= 15 is 0 Å². The maximum absolute atomic E-state index is 13.0. The molecule has 0 spiro atoms. The highest BCUT2D eigenvalue weighted by Gasteiger charge is 2.43. The number of ketones is 1. The Hall–Kier alpha value is -3.90. The summed E-state index contributed by atoms with van der Waals surface area (Å²) in [6.07, 6.45) is -3.74. The standard InChI is InChI=1S/C26H26O11/c1-12-22(30)23(31)24(32)26(35-12)36-15-9-13(8-14(10-15)33-2)4-6-17(27)21-18(28)11-19(34-3)16-5-7-20(29)37-25(16)21/h4-12,22-24,26,28,30-32H,1-3H3/b6-4+/t12-,22-,23+,24+,26-/m0/s1. The number of benzene rings is 2. The number of carbonyl (C=O) groups is 1. The SMILES string of the molecule is COc1cc(/C=C/C(=O)c2c(O)cc(OC)c3ccc(=O)oc23)cc(O[C@@H]2O[C@@H](C)[C@H](O)[C@@H](O)[C@H]2O)c1. The number of ether oxygens (including phenoxy) is 4. The quantitative estimate of drug-likeness (QED) is 0.206. The minimum Gasteiger partial charge on any atom is -0.507 e. The summed E-state index contributed by atoms with van der Waals surface area (Å²) in [4.78, 5) is 24.8. The van der Waals surface area contributed by atoms with Crippen molar-refractivity contribution in [1.82, 2.24) is 0 Å². The van der Waals surface area contributed by atoms with E-state index in [2.05, 4.69) is 0 Å². The second-order valence-electron chi connectivity index (χ2n) is 8.41. The molecule has 3 aromatic rings. The minimum absolute atomic E-state index is 0.119. The summed E-state index contributed by atoms with van der Waals surface area (Å²) < 4.78 is 26.9. The second kappa shape index (κ2) is 10.6. The van der Waals surface area contributed by atoms with Crippen LogP contribution in [-0.4, -0.2) is 71.1 Å². The van der Waals surface area contributed by atoms with Crippen LogP contribution in [0.3, 0.4) is 0 Å². The Morgan fingerprint density at radius 2 is 1.70 bits per heavy atom. The van der Waals surface area contributed by atoms with Crippen molar-refractivity contribution in [1.29, 1.82) is 0 Å². The fourth-order valence-corrected chi connectivity index (χ4v) is 3.97. The van der Waals surface area contributed by atoms with Crippen molar-refractivity contribution in [3.63, 3.8) is 0 Å². The number of aliphatic hydroxyl groups excluding tert-OH is 3. The van der Waals surface area contributed by atoms with Gasteiger partial charge in [-0.25, -0.2) is 4.79 Å². The van der Waals surface area contributed by atoms with Crippen LogP contribution in [0.25, 0.3) is 17.0 Å². The topological polar surface area (TPSA) is 165 Å². The predicted octanol–water partition coefficient (Wildman–Crippen LogP) is 1.62. The third-order valence-electron chi connectivity index (χ3n) is 5.94. The van der Waals surface area contributed by atoms with E-state index in [1.807, 2.05) is 0 Å². The molecule has 5 atom stereocenters. The van der Waals surface area contributed by atoms with E-state index in [0.29, 0.717) is 16.7 Å². The lowest BCUT2D eigenvalue weighted by Crippen LogP contribution is -2.58. The summed E-state index contributed by atoms with van der Waals surface area (Å²) in [5.41, 5.74) is -0.594. The lowest BCUT2D eigenvalue weighted by molar-refractivity contribution is -0.268. The van der Waals surface area contributed by atoms with Crippen molar-refractivity contribution in [3.8, 4) is 23.0 Å². The van der Waals surface area contributed by atoms with Crippen molar-refractivity contribution < 1.29 is 48.6 Å². The molecule has 1 fully saturated rings. The number of hydrogen-bond donors (Lipinski definition) is 4. The van der Waals surface area contributed by atoms with Crippen LogP contribution < -0.4 is 19.8 Å². The lowest BCUT2D eigenvalue weighted by Gasteiger charge is -2.38. The molecule has 0 amide bonds. The number of methoxy groups -OCH3 is 2. The Kier molecular flexibility index (Phi) is 7.50. The van der Waals surface area contributed by atoms with Gasteiger partial charge < -0.3 is 43.8 Å². The van der Waals surface area contributed by atoms with Gasteiger partial charge in [-0.1, -0.05) is 6.08 Å². The van der Waals surface area contributed by atoms with Crippen LogP contribution in [-0.2, 0) is 4.74 Å². The summed E-state index contributed by atoms with van der Waals surface area (Å²) in [5.74, 6) is -0.309. The first kappa shape index (κ1) is 26.2. The summed E-state index contributed by atoms with van der Waals surface area (Å²) >= 11 is 0. The van der Waals surface area contributed by atoms with Crippen LogP contribution in [0.15, 0.2) is 51.7 Å². The molecule has 0 bridgehead atoms. The molecule has 11 nitrogen and oxygen atoms in total. The van der Waals surface area contributed by atoms with Crippen LogP contribution in [0.1, 0.15) is 22.8 Å². The molecule has 0 aliphatic carbocycles. The molecule has 0 saturated carbocycles. The van der Waals surface area contributed by atoms with Crippen molar-refractivity contribution in [2.24, 2.45) is 0 Å². The molecule has 4 N–H and O–H groups in total. The average molecular weight is 514 g/mol. The lowest BCUT2D eigenvalue weighted by atomic mass is 10.00. The molecule has 11 heteroatoms. The van der Waals surface area contributed by atoms with E-state index in [1.54, 1.807) is 6.07 Å². The smallest absolute Gasteiger partial charge is 0.336 e. The fraction of sp³-hybridized carbons (Fsp3) is 0.308. The molecular weight excluding hydrogens is 488 g/mol. The molecule has 4 rings (SSSR count). The van der Waals surface area contributed by atoms with Gasteiger partial charge in [-0.2, -0.15) is 0 Å². The summed E-state index contributed by atoms with van der Waals surface area (Å²) in [6.45, 7) is 1.53. The van der Waals surface area contributed by atoms with Gasteiger partial charge in [-0.05, 0) is 36.8 Å². The number of rotatable bonds is 7.